The quantitative estimate of drug-likeness (QED) is 0.854. The Morgan fingerprint density at radius 2 is 2.00 bits per heavy atom. The van der Waals surface area contributed by atoms with Gasteiger partial charge in [-0.05, 0) is 34.7 Å². The van der Waals surface area contributed by atoms with Crippen LogP contribution in [0.2, 0.25) is 0 Å². The lowest BCUT2D eigenvalue weighted by Crippen LogP contribution is -2.39. The van der Waals surface area contributed by atoms with Crippen molar-refractivity contribution in [3.05, 3.63) is 27.8 Å². The van der Waals surface area contributed by atoms with E-state index in [-0.39, 0.29) is 0 Å². The molecule has 1 saturated heterocycles. The Morgan fingerprint density at radius 3 is 2.75 bits per heavy atom. The largest absolute Gasteiger partial charge is 0.383 e. The molecule has 1 aromatic rings. The number of benzene rings is 1. The van der Waals surface area contributed by atoms with Crippen molar-refractivity contribution in [1.29, 1.82) is 0 Å². The normalized spacial score (nSPS) is 17.3. The lowest BCUT2D eigenvalue weighted by Gasteiger charge is -2.26. The van der Waals surface area contributed by atoms with Gasteiger partial charge >= 0.3 is 0 Å². The fraction of sp³-hybridized carbons (Fsp3) is 0.500. The van der Waals surface area contributed by atoms with E-state index in [1.54, 1.807) is 0 Å². The maximum atomic E-state index is 5.32. The monoisotopic (exact) mass is 332 g/mol. The van der Waals surface area contributed by atoms with Gasteiger partial charge in [-0.15, -0.1) is 0 Å². The first-order chi connectivity index (χ1) is 7.86. The second-order valence-corrected chi connectivity index (χ2v) is 5.02. The summed E-state index contributed by atoms with van der Waals surface area (Å²) in [7, 11) is 0. The van der Waals surface area contributed by atoms with E-state index in [0.717, 1.165) is 39.4 Å². The van der Waals surface area contributed by atoms with Crippen molar-refractivity contribution in [1.82, 2.24) is 4.90 Å². The van der Waals surface area contributed by atoms with Crippen LogP contribution in [0.15, 0.2) is 24.3 Å². The predicted octanol–water partition coefficient (Wildman–Crippen LogP) is 2.04. The van der Waals surface area contributed by atoms with Gasteiger partial charge < -0.3 is 10.1 Å². The summed E-state index contributed by atoms with van der Waals surface area (Å²) >= 11 is 2.36. The third kappa shape index (κ3) is 3.61. The molecule has 0 unspecified atom stereocenters. The van der Waals surface area contributed by atoms with Gasteiger partial charge in [0.25, 0.3) is 0 Å². The fourth-order valence-electron chi connectivity index (χ4n) is 1.78. The van der Waals surface area contributed by atoms with Crippen LogP contribution in [-0.4, -0.2) is 44.3 Å². The zero-order chi connectivity index (χ0) is 11.2. The number of nitrogens with zero attached hydrogens (tertiary/aromatic N) is 1. The van der Waals surface area contributed by atoms with Gasteiger partial charge in [0, 0.05) is 35.4 Å². The summed E-state index contributed by atoms with van der Waals surface area (Å²) < 4.78 is 6.60. The average Bonchev–Trinajstić information content (AvgIpc) is 2.33. The number of para-hydroxylation sites is 1. The molecule has 2 rings (SSSR count). The van der Waals surface area contributed by atoms with Gasteiger partial charge in [0.2, 0.25) is 0 Å². The van der Waals surface area contributed by atoms with Crippen LogP contribution in [0.5, 0.6) is 0 Å². The maximum Gasteiger partial charge on any atom is 0.0594 e. The smallest absolute Gasteiger partial charge is 0.0594 e. The number of halogens is 1. The highest BCUT2D eigenvalue weighted by atomic mass is 127. The van der Waals surface area contributed by atoms with Crippen molar-refractivity contribution >= 4 is 28.3 Å². The summed E-state index contributed by atoms with van der Waals surface area (Å²) in [5.74, 6) is 0. The Labute approximate surface area is 110 Å². The summed E-state index contributed by atoms with van der Waals surface area (Å²) in [4.78, 5) is 2.44. The van der Waals surface area contributed by atoms with Gasteiger partial charge in [-0.3, -0.25) is 4.90 Å². The van der Waals surface area contributed by atoms with Crippen LogP contribution >= 0.6 is 22.6 Å². The highest BCUT2D eigenvalue weighted by Gasteiger charge is 2.09. The highest BCUT2D eigenvalue weighted by Crippen LogP contribution is 2.16. The molecule has 1 aromatic carbocycles. The number of hydrogen-bond acceptors (Lipinski definition) is 3. The van der Waals surface area contributed by atoms with Gasteiger partial charge in [0.05, 0.1) is 13.2 Å². The molecule has 1 fully saturated rings. The molecule has 4 heteroatoms. The topological polar surface area (TPSA) is 24.5 Å². The maximum absolute atomic E-state index is 5.32. The van der Waals surface area contributed by atoms with Crippen molar-refractivity contribution in [2.24, 2.45) is 0 Å². The van der Waals surface area contributed by atoms with Gasteiger partial charge in [-0.25, -0.2) is 0 Å². The molecular formula is C12H17IN2O. The predicted molar refractivity (Wildman–Crippen MR) is 74.9 cm³/mol. The summed E-state index contributed by atoms with van der Waals surface area (Å²) in [5, 5.41) is 3.47. The fourth-order valence-corrected chi connectivity index (χ4v) is 2.36. The molecule has 0 spiro atoms. The zero-order valence-electron chi connectivity index (χ0n) is 9.29. The zero-order valence-corrected chi connectivity index (χ0v) is 11.4. The van der Waals surface area contributed by atoms with E-state index in [1.165, 1.54) is 9.26 Å². The molecule has 0 bridgehead atoms. The molecule has 0 aliphatic carbocycles. The Morgan fingerprint density at radius 1 is 1.25 bits per heavy atom. The van der Waals surface area contributed by atoms with Crippen molar-refractivity contribution in [2.45, 2.75) is 0 Å². The van der Waals surface area contributed by atoms with Gasteiger partial charge in [-0.1, -0.05) is 12.1 Å². The molecule has 88 valence electrons. The minimum atomic E-state index is 0.878. The molecule has 0 radical (unpaired) electrons. The molecule has 3 nitrogen and oxygen atoms in total. The lowest BCUT2D eigenvalue weighted by molar-refractivity contribution is 0.0398. The van der Waals surface area contributed by atoms with E-state index in [9.17, 15) is 0 Å². The molecular weight excluding hydrogens is 315 g/mol. The van der Waals surface area contributed by atoms with Crippen molar-refractivity contribution in [3.63, 3.8) is 0 Å². The molecule has 1 N–H and O–H groups in total. The van der Waals surface area contributed by atoms with Crippen molar-refractivity contribution in [2.75, 3.05) is 44.7 Å². The molecule has 1 aliphatic heterocycles. The summed E-state index contributed by atoms with van der Waals surface area (Å²) in [6.07, 6.45) is 0. The van der Waals surface area contributed by atoms with Crippen molar-refractivity contribution < 1.29 is 4.74 Å². The Kier molecular flexibility index (Phi) is 4.87. The first-order valence-corrected chi connectivity index (χ1v) is 6.72. The molecule has 1 aliphatic rings. The first-order valence-electron chi connectivity index (χ1n) is 5.65. The number of rotatable bonds is 4. The third-order valence-corrected chi connectivity index (χ3v) is 3.66. The Hall–Kier alpha value is -0.330. The minimum absolute atomic E-state index is 0.878. The summed E-state index contributed by atoms with van der Waals surface area (Å²) in [5.41, 5.74) is 1.23. The van der Waals surface area contributed by atoms with Crippen molar-refractivity contribution in [3.8, 4) is 0 Å². The average molecular weight is 332 g/mol. The van der Waals surface area contributed by atoms with E-state index >= 15 is 0 Å². The number of ether oxygens (including phenoxy) is 1. The van der Waals surface area contributed by atoms with Crippen LogP contribution in [0.1, 0.15) is 0 Å². The summed E-state index contributed by atoms with van der Waals surface area (Å²) in [6, 6.07) is 8.38. The number of hydrogen-bond donors (Lipinski definition) is 1. The second-order valence-electron chi connectivity index (χ2n) is 3.86. The van der Waals surface area contributed by atoms with E-state index in [1.807, 2.05) is 0 Å². The Bertz CT molecular complexity index is 327. The lowest BCUT2D eigenvalue weighted by atomic mass is 10.3. The number of nitrogens with one attached hydrogen (secondary N) is 1. The van der Waals surface area contributed by atoms with E-state index in [2.05, 4.69) is 57.1 Å². The standard InChI is InChI=1S/C12H17IN2O/c13-11-3-1-2-4-12(11)14-5-6-15-7-9-16-10-8-15/h1-4,14H,5-10H2. The van der Waals surface area contributed by atoms with Crippen LogP contribution in [-0.2, 0) is 4.74 Å². The number of morpholine rings is 1. The highest BCUT2D eigenvalue weighted by molar-refractivity contribution is 14.1. The van der Waals surface area contributed by atoms with Gasteiger partial charge in [0.15, 0.2) is 0 Å². The molecule has 0 aromatic heterocycles. The first kappa shape index (κ1) is 12.1. The molecule has 1 heterocycles. The van der Waals surface area contributed by atoms with E-state index in [4.69, 9.17) is 4.74 Å². The second kappa shape index (κ2) is 6.42. The third-order valence-electron chi connectivity index (χ3n) is 2.72. The van der Waals surface area contributed by atoms with Crippen LogP contribution in [0.3, 0.4) is 0 Å². The van der Waals surface area contributed by atoms with E-state index in [0.29, 0.717) is 0 Å². The van der Waals surface area contributed by atoms with Crippen LogP contribution in [0.25, 0.3) is 0 Å². The SMILES string of the molecule is Ic1ccccc1NCCN1CCOCC1. The van der Waals surface area contributed by atoms with Crippen LogP contribution < -0.4 is 5.32 Å². The van der Waals surface area contributed by atoms with E-state index < -0.39 is 0 Å². The van der Waals surface area contributed by atoms with Gasteiger partial charge in [-0.2, -0.15) is 0 Å². The van der Waals surface area contributed by atoms with Crippen LogP contribution in [0, 0.1) is 3.57 Å². The van der Waals surface area contributed by atoms with Crippen LogP contribution in [0.4, 0.5) is 5.69 Å². The summed E-state index contributed by atoms with van der Waals surface area (Å²) in [6.45, 7) is 5.97. The minimum Gasteiger partial charge on any atom is -0.383 e. The molecule has 0 atom stereocenters. The molecule has 0 amide bonds. The molecule has 16 heavy (non-hydrogen) atoms. The Balaban J connectivity index is 1.73. The van der Waals surface area contributed by atoms with Gasteiger partial charge in [0.1, 0.15) is 0 Å². The molecule has 0 saturated carbocycles. The number of anilines is 1.